The van der Waals surface area contributed by atoms with Gasteiger partial charge in [-0.15, -0.1) is 0 Å². The molecule has 1 N–H and O–H groups in total. The van der Waals surface area contributed by atoms with Crippen LogP contribution in [0.1, 0.15) is 10.4 Å². The van der Waals surface area contributed by atoms with Crippen LogP contribution in [0.2, 0.25) is 0 Å². The number of ether oxygens (including phenoxy) is 1. The zero-order valence-corrected chi connectivity index (χ0v) is 11.0. The minimum Gasteiger partial charge on any atom is -0.490 e. The lowest BCUT2D eigenvalue weighted by atomic mass is 10.2. The number of halogens is 1. The summed E-state index contributed by atoms with van der Waals surface area (Å²) in [5, 5.41) is 12.9. The number of rotatable bonds is 5. The van der Waals surface area contributed by atoms with Crippen LogP contribution in [0.3, 0.4) is 0 Å². The maximum Gasteiger partial charge on any atom is 0.335 e. The van der Waals surface area contributed by atoms with Crippen LogP contribution in [-0.2, 0) is 6.54 Å². The number of nitrogens with zero attached hydrogens (tertiary/aromatic N) is 2. The molecular formula is C12H11BrN2O3. The van der Waals surface area contributed by atoms with Crippen molar-refractivity contribution >= 4 is 21.9 Å². The number of aromatic carboxylic acids is 1. The molecule has 0 aliphatic carbocycles. The Morgan fingerprint density at radius 2 is 2.33 bits per heavy atom. The molecule has 18 heavy (non-hydrogen) atoms. The van der Waals surface area contributed by atoms with Crippen LogP contribution in [-0.4, -0.2) is 27.5 Å². The molecule has 0 radical (unpaired) electrons. The van der Waals surface area contributed by atoms with E-state index in [1.54, 1.807) is 16.9 Å². The third-order valence-corrected chi connectivity index (χ3v) is 2.94. The van der Waals surface area contributed by atoms with Crippen molar-refractivity contribution in [3.05, 3.63) is 46.7 Å². The quantitative estimate of drug-likeness (QED) is 0.921. The number of hydrogen-bond donors (Lipinski definition) is 1. The molecule has 0 fully saturated rings. The van der Waals surface area contributed by atoms with Gasteiger partial charge in [-0.25, -0.2) is 4.79 Å². The summed E-state index contributed by atoms with van der Waals surface area (Å²) in [4.78, 5) is 10.8. The first kappa shape index (κ1) is 12.6. The summed E-state index contributed by atoms with van der Waals surface area (Å²) in [5.41, 5.74) is 0.223. The zero-order valence-electron chi connectivity index (χ0n) is 9.41. The number of benzene rings is 1. The van der Waals surface area contributed by atoms with Crippen molar-refractivity contribution in [3.63, 3.8) is 0 Å². The zero-order chi connectivity index (χ0) is 13.0. The van der Waals surface area contributed by atoms with E-state index in [4.69, 9.17) is 9.84 Å². The maximum atomic E-state index is 10.8. The van der Waals surface area contributed by atoms with Crippen LogP contribution < -0.4 is 4.74 Å². The van der Waals surface area contributed by atoms with Crippen molar-refractivity contribution in [3.8, 4) is 5.75 Å². The Morgan fingerprint density at radius 3 is 2.94 bits per heavy atom. The first-order valence-electron chi connectivity index (χ1n) is 5.30. The minimum absolute atomic E-state index is 0.223. The van der Waals surface area contributed by atoms with Gasteiger partial charge in [0.2, 0.25) is 0 Å². The molecule has 0 aliphatic rings. The highest BCUT2D eigenvalue weighted by atomic mass is 79.9. The molecule has 5 nitrogen and oxygen atoms in total. The van der Waals surface area contributed by atoms with Crippen LogP contribution in [0.15, 0.2) is 41.1 Å². The van der Waals surface area contributed by atoms with Gasteiger partial charge in [0.25, 0.3) is 0 Å². The van der Waals surface area contributed by atoms with Crippen molar-refractivity contribution in [2.75, 3.05) is 6.61 Å². The second-order valence-corrected chi connectivity index (χ2v) is 4.42. The molecule has 0 bridgehead atoms. The van der Waals surface area contributed by atoms with Gasteiger partial charge in [0.05, 0.1) is 16.6 Å². The first-order valence-corrected chi connectivity index (χ1v) is 6.09. The summed E-state index contributed by atoms with van der Waals surface area (Å²) in [6, 6.07) is 6.51. The normalized spacial score (nSPS) is 10.3. The van der Waals surface area contributed by atoms with Crippen molar-refractivity contribution in [1.82, 2.24) is 9.78 Å². The Balaban J connectivity index is 1.95. The van der Waals surface area contributed by atoms with Gasteiger partial charge in [-0.05, 0) is 40.2 Å². The summed E-state index contributed by atoms with van der Waals surface area (Å²) in [7, 11) is 0. The van der Waals surface area contributed by atoms with Crippen LogP contribution >= 0.6 is 15.9 Å². The molecule has 0 saturated heterocycles. The third-order valence-electron chi connectivity index (χ3n) is 2.32. The van der Waals surface area contributed by atoms with Crippen molar-refractivity contribution in [1.29, 1.82) is 0 Å². The molecule has 0 amide bonds. The van der Waals surface area contributed by atoms with Crippen LogP contribution in [0, 0.1) is 0 Å². The fourth-order valence-electron chi connectivity index (χ4n) is 1.43. The van der Waals surface area contributed by atoms with E-state index in [9.17, 15) is 4.79 Å². The lowest BCUT2D eigenvalue weighted by Gasteiger charge is -2.08. The highest BCUT2D eigenvalue weighted by molar-refractivity contribution is 9.10. The summed E-state index contributed by atoms with van der Waals surface area (Å²) in [6.07, 6.45) is 3.56. The van der Waals surface area contributed by atoms with Gasteiger partial charge in [-0.3, -0.25) is 4.68 Å². The van der Waals surface area contributed by atoms with E-state index in [1.807, 2.05) is 12.3 Å². The lowest BCUT2D eigenvalue weighted by molar-refractivity contribution is 0.0697. The smallest absolute Gasteiger partial charge is 0.335 e. The first-order chi connectivity index (χ1) is 8.66. The number of hydrogen-bond acceptors (Lipinski definition) is 3. The van der Waals surface area contributed by atoms with E-state index in [0.717, 1.165) is 0 Å². The average Bonchev–Trinajstić information content (AvgIpc) is 2.84. The molecule has 1 aromatic heterocycles. The molecule has 0 atom stereocenters. The Bertz CT molecular complexity index is 540. The van der Waals surface area contributed by atoms with E-state index in [2.05, 4.69) is 21.0 Å². The molecule has 6 heteroatoms. The van der Waals surface area contributed by atoms with Gasteiger partial charge in [-0.2, -0.15) is 5.10 Å². The highest BCUT2D eigenvalue weighted by Gasteiger charge is 2.07. The van der Waals surface area contributed by atoms with Gasteiger partial charge in [-0.1, -0.05) is 0 Å². The van der Waals surface area contributed by atoms with Gasteiger partial charge >= 0.3 is 5.97 Å². The monoisotopic (exact) mass is 310 g/mol. The second-order valence-electron chi connectivity index (χ2n) is 3.57. The second kappa shape index (κ2) is 5.68. The number of carboxylic acids is 1. The van der Waals surface area contributed by atoms with Gasteiger partial charge in [0, 0.05) is 12.4 Å². The van der Waals surface area contributed by atoms with Gasteiger partial charge in [0.1, 0.15) is 12.4 Å². The van der Waals surface area contributed by atoms with Crippen molar-refractivity contribution in [2.45, 2.75) is 6.54 Å². The Morgan fingerprint density at radius 1 is 1.50 bits per heavy atom. The molecule has 0 spiro atoms. The molecule has 1 aromatic carbocycles. The molecular weight excluding hydrogens is 300 g/mol. The fourth-order valence-corrected chi connectivity index (χ4v) is 1.93. The van der Waals surface area contributed by atoms with Gasteiger partial charge in [0.15, 0.2) is 0 Å². The van der Waals surface area contributed by atoms with Gasteiger partial charge < -0.3 is 9.84 Å². The summed E-state index contributed by atoms with van der Waals surface area (Å²) >= 11 is 3.28. The molecule has 0 saturated carbocycles. The molecule has 2 rings (SSSR count). The third kappa shape index (κ3) is 3.10. The topological polar surface area (TPSA) is 64.3 Å². The Hall–Kier alpha value is -1.82. The number of carboxylic acid groups (broad SMARTS) is 1. The molecule has 0 unspecified atom stereocenters. The van der Waals surface area contributed by atoms with Crippen molar-refractivity contribution in [2.24, 2.45) is 0 Å². The Labute approximate surface area is 112 Å². The summed E-state index contributed by atoms with van der Waals surface area (Å²) in [5.74, 6) is -0.342. The van der Waals surface area contributed by atoms with E-state index < -0.39 is 5.97 Å². The predicted octanol–water partition coefficient (Wildman–Crippen LogP) is 2.42. The molecule has 1 heterocycles. The average molecular weight is 311 g/mol. The van der Waals surface area contributed by atoms with E-state index in [0.29, 0.717) is 23.4 Å². The standard InChI is InChI=1S/C12H11BrN2O3/c13-10-8-9(12(16)17)2-3-11(10)18-7-6-15-5-1-4-14-15/h1-5,8H,6-7H2,(H,16,17). The predicted molar refractivity (Wildman–Crippen MR) is 68.8 cm³/mol. The maximum absolute atomic E-state index is 10.8. The molecule has 0 aliphatic heterocycles. The minimum atomic E-state index is -0.959. The fraction of sp³-hybridized carbons (Fsp3) is 0.167. The van der Waals surface area contributed by atoms with Crippen LogP contribution in [0.25, 0.3) is 0 Å². The largest absolute Gasteiger partial charge is 0.490 e. The van der Waals surface area contributed by atoms with Crippen molar-refractivity contribution < 1.29 is 14.6 Å². The number of aromatic nitrogens is 2. The van der Waals surface area contributed by atoms with E-state index >= 15 is 0 Å². The van der Waals surface area contributed by atoms with Crippen LogP contribution in [0.5, 0.6) is 5.75 Å². The highest BCUT2D eigenvalue weighted by Crippen LogP contribution is 2.26. The van der Waals surface area contributed by atoms with E-state index in [-0.39, 0.29) is 5.56 Å². The molecule has 2 aromatic rings. The molecule has 94 valence electrons. The Kier molecular flexibility index (Phi) is 3.99. The van der Waals surface area contributed by atoms with Crippen LogP contribution in [0.4, 0.5) is 0 Å². The lowest BCUT2D eigenvalue weighted by Crippen LogP contribution is -2.08. The SMILES string of the molecule is O=C(O)c1ccc(OCCn2cccn2)c(Br)c1. The van der Waals surface area contributed by atoms with E-state index in [1.165, 1.54) is 12.1 Å². The number of carbonyl (C=O) groups is 1. The summed E-state index contributed by atoms with van der Waals surface area (Å²) < 4.78 is 7.94. The summed E-state index contributed by atoms with van der Waals surface area (Å²) in [6.45, 7) is 1.10.